The predicted molar refractivity (Wildman–Crippen MR) is 125 cm³/mol. The maximum Gasteiger partial charge on any atom is 0.419 e. The summed E-state index contributed by atoms with van der Waals surface area (Å²) >= 11 is 0. The number of aryl methyl sites for hydroxylation is 1. The highest BCUT2D eigenvalue weighted by Crippen LogP contribution is 2.32. The Bertz CT molecular complexity index is 1350. The van der Waals surface area contributed by atoms with Crippen molar-refractivity contribution in [1.29, 1.82) is 0 Å². The van der Waals surface area contributed by atoms with Gasteiger partial charge in [0.25, 0.3) is 0 Å². The van der Waals surface area contributed by atoms with E-state index < -0.39 is 15.8 Å². The number of hydrogen-bond acceptors (Lipinski definition) is 5. The molecule has 174 valence electrons. The van der Waals surface area contributed by atoms with Crippen molar-refractivity contribution in [2.75, 3.05) is 24.5 Å². The average Bonchev–Trinajstić information content (AvgIpc) is 3.40. The van der Waals surface area contributed by atoms with E-state index in [-0.39, 0.29) is 5.91 Å². The number of amides is 1. The van der Waals surface area contributed by atoms with Crippen LogP contribution in [0.5, 0.6) is 0 Å². The highest BCUT2D eigenvalue weighted by atomic mass is 32.2. The Morgan fingerprint density at radius 2 is 1.79 bits per heavy atom. The predicted octanol–water partition coefficient (Wildman–Crippen LogP) is 3.14. The van der Waals surface area contributed by atoms with E-state index in [2.05, 4.69) is 0 Å². The van der Waals surface area contributed by atoms with Crippen LogP contribution < -0.4 is 10.7 Å². The number of carbonyl (C=O) groups is 1. The van der Waals surface area contributed by atoms with Gasteiger partial charge in [-0.15, -0.1) is 0 Å². The molecule has 1 saturated heterocycles. The lowest BCUT2D eigenvalue weighted by Crippen LogP contribution is -2.35. The van der Waals surface area contributed by atoms with Gasteiger partial charge in [0.1, 0.15) is 0 Å². The third-order valence-electron chi connectivity index (χ3n) is 6.55. The summed E-state index contributed by atoms with van der Waals surface area (Å²) in [5, 5.41) is 0. The van der Waals surface area contributed by atoms with Crippen LogP contribution in [-0.2, 0) is 27.8 Å². The number of para-hydroxylation sites is 2. The van der Waals surface area contributed by atoms with Crippen molar-refractivity contribution in [3.05, 3.63) is 58.6 Å². The highest BCUT2D eigenvalue weighted by molar-refractivity contribution is 7.89. The van der Waals surface area contributed by atoms with Crippen molar-refractivity contribution in [3.63, 3.8) is 0 Å². The van der Waals surface area contributed by atoms with Crippen LogP contribution in [0.4, 0.5) is 5.69 Å². The first-order chi connectivity index (χ1) is 15.9. The molecular weight excluding hydrogens is 442 g/mol. The van der Waals surface area contributed by atoms with Gasteiger partial charge in [0, 0.05) is 38.3 Å². The van der Waals surface area contributed by atoms with Gasteiger partial charge >= 0.3 is 5.76 Å². The SMILES string of the molecule is O=C(CCCn1c(=O)oc2ccccc21)N1CCc2cc(S(=O)(=O)N3CCCCC3)ccc21. The summed E-state index contributed by atoms with van der Waals surface area (Å²) in [5.41, 5.74) is 2.93. The average molecular weight is 470 g/mol. The van der Waals surface area contributed by atoms with Crippen LogP contribution in [0.2, 0.25) is 0 Å². The normalized spacial score (nSPS) is 16.9. The molecular formula is C24H27N3O5S. The lowest BCUT2D eigenvalue weighted by molar-refractivity contribution is -0.118. The van der Waals surface area contributed by atoms with Gasteiger partial charge in [-0.3, -0.25) is 9.36 Å². The van der Waals surface area contributed by atoms with E-state index in [0.717, 1.165) is 36.0 Å². The number of anilines is 1. The Hall–Kier alpha value is -2.91. The second kappa shape index (κ2) is 8.79. The summed E-state index contributed by atoms with van der Waals surface area (Å²) < 4.78 is 34.3. The minimum atomic E-state index is -3.49. The number of sulfonamides is 1. The zero-order valence-corrected chi connectivity index (χ0v) is 19.2. The molecule has 1 amide bonds. The molecule has 3 heterocycles. The third-order valence-corrected chi connectivity index (χ3v) is 8.44. The van der Waals surface area contributed by atoms with Crippen molar-refractivity contribution >= 4 is 32.7 Å². The topological polar surface area (TPSA) is 92.8 Å². The van der Waals surface area contributed by atoms with Gasteiger partial charge in [-0.25, -0.2) is 13.2 Å². The van der Waals surface area contributed by atoms with Crippen molar-refractivity contribution in [3.8, 4) is 0 Å². The molecule has 0 saturated carbocycles. The molecule has 0 spiro atoms. The van der Waals surface area contributed by atoms with Crippen LogP contribution in [0.15, 0.2) is 56.6 Å². The zero-order chi connectivity index (χ0) is 23.0. The van der Waals surface area contributed by atoms with Crippen LogP contribution in [0, 0.1) is 0 Å². The highest BCUT2D eigenvalue weighted by Gasteiger charge is 2.30. The van der Waals surface area contributed by atoms with Crippen LogP contribution in [0.1, 0.15) is 37.7 Å². The quantitative estimate of drug-likeness (QED) is 0.553. The first kappa shape index (κ1) is 21.9. The Morgan fingerprint density at radius 3 is 2.61 bits per heavy atom. The van der Waals surface area contributed by atoms with Crippen LogP contribution in [0.3, 0.4) is 0 Å². The summed E-state index contributed by atoms with van der Waals surface area (Å²) in [5.74, 6) is -0.446. The van der Waals surface area contributed by atoms with E-state index >= 15 is 0 Å². The molecule has 2 aliphatic heterocycles. The van der Waals surface area contributed by atoms with Crippen molar-refractivity contribution < 1.29 is 17.6 Å². The molecule has 1 aromatic heterocycles. The molecule has 3 aromatic rings. The number of fused-ring (bicyclic) bond motifs is 2. The minimum Gasteiger partial charge on any atom is -0.408 e. The van der Waals surface area contributed by atoms with E-state index in [0.29, 0.717) is 55.9 Å². The standard InChI is InChI=1S/C24H27N3O5S/c28-23(9-6-15-27-21-7-2-3-8-22(21)32-24(27)29)26-16-12-18-17-19(10-11-20(18)26)33(30,31)25-13-4-1-5-14-25/h2-3,7-8,10-11,17H,1,4-6,9,12-16H2. The molecule has 0 unspecified atom stereocenters. The molecule has 0 aliphatic carbocycles. The van der Waals surface area contributed by atoms with E-state index in [1.165, 1.54) is 0 Å². The molecule has 5 rings (SSSR count). The summed E-state index contributed by atoms with van der Waals surface area (Å²) in [6.07, 6.45) is 4.30. The van der Waals surface area contributed by atoms with Gasteiger partial charge in [-0.2, -0.15) is 4.31 Å². The van der Waals surface area contributed by atoms with Crippen molar-refractivity contribution in [2.24, 2.45) is 0 Å². The molecule has 1 fully saturated rings. The molecule has 0 radical (unpaired) electrons. The molecule has 0 bridgehead atoms. The van der Waals surface area contributed by atoms with Crippen LogP contribution in [-0.4, -0.2) is 42.8 Å². The van der Waals surface area contributed by atoms with E-state index in [1.807, 2.05) is 18.2 Å². The second-order valence-corrected chi connectivity index (χ2v) is 10.6. The summed E-state index contributed by atoms with van der Waals surface area (Å²) in [7, 11) is -3.49. The van der Waals surface area contributed by atoms with Gasteiger partial charge in [-0.05, 0) is 61.6 Å². The molecule has 33 heavy (non-hydrogen) atoms. The second-order valence-electron chi connectivity index (χ2n) is 8.64. The molecule has 2 aromatic carbocycles. The summed E-state index contributed by atoms with van der Waals surface area (Å²) in [4.78, 5) is 27.0. The number of carbonyl (C=O) groups excluding carboxylic acids is 1. The van der Waals surface area contributed by atoms with Crippen molar-refractivity contribution in [1.82, 2.24) is 8.87 Å². The van der Waals surface area contributed by atoms with Gasteiger partial charge in [0.2, 0.25) is 15.9 Å². The van der Waals surface area contributed by atoms with Crippen LogP contribution in [0.25, 0.3) is 11.1 Å². The number of benzene rings is 2. The largest absolute Gasteiger partial charge is 0.419 e. The zero-order valence-electron chi connectivity index (χ0n) is 18.4. The maximum absolute atomic E-state index is 13.0. The number of rotatable bonds is 6. The fourth-order valence-corrected chi connectivity index (χ4v) is 6.37. The maximum atomic E-state index is 13.0. The molecule has 0 atom stereocenters. The number of nitrogens with zero attached hydrogens (tertiary/aromatic N) is 3. The van der Waals surface area contributed by atoms with E-state index in [9.17, 15) is 18.0 Å². The van der Waals surface area contributed by atoms with E-state index in [4.69, 9.17) is 4.42 Å². The summed E-state index contributed by atoms with van der Waals surface area (Å²) in [6.45, 7) is 2.07. The van der Waals surface area contributed by atoms with Gasteiger partial charge in [0.15, 0.2) is 5.58 Å². The Labute approximate surface area is 192 Å². The lowest BCUT2D eigenvalue weighted by atomic mass is 10.2. The lowest BCUT2D eigenvalue weighted by Gasteiger charge is -2.26. The first-order valence-corrected chi connectivity index (χ1v) is 12.9. The summed E-state index contributed by atoms with van der Waals surface area (Å²) in [6, 6.07) is 12.3. The number of aromatic nitrogens is 1. The number of oxazole rings is 1. The molecule has 8 nitrogen and oxygen atoms in total. The minimum absolute atomic E-state index is 0.0266. The Morgan fingerprint density at radius 1 is 1.00 bits per heavy atom. The first-order valence-electron chi connectivity index (χ1n) is 11.5. The van der Waals surface area contributed by atoms with E-state index in [1.54, 1.807) is 38.0 Å². The fourth-order valence-electron chi connectivity index (χ4n) is 4.80. The third kappa shape index (κ3) is 4.11. The Kier molecular flexibility index (Phi) is 5.84. The molecule has 2 aliphatic rings. The molecule has 0 N–H and O–H groups in total. The van der Waals surface area contributed by atoms with Gasteiger partial charge in [-0.1, -0.05) is 18.6 Å². The smallest absolute Gasteiger partial charge is 0.408 e. The number of hydrogen-bond donors (Lipinski definition) is 0. The van der Waals surface area contributed by atoms with Crippen molar-refractivity contribution in [2.45, 2.75) is 50.0 Å². The Balaban J connectivity index is 1.26. The van der Waals surface area contributed by atoms with Gasteiger partial charge < -0.3 is 9.32 Å². The van der Waals surface area contributed by atoms with Gasteiger partial charge in [0.05, 0.1) is 10.4 Å². The fraction of sp³-hybridized carbons (Fsp3) is 0.417. The molecule has 9 heteroatoms. The monoisotopic (exact) mass is 469 g/mol. The van der Waals surface area contributed by atoms with Crippen LogP contribution >= 0.6 is 0 Å². The number of piperidine rings is 1.